The molecular weight excluding hydrogens is 216 g/mol. The number of hydrogen-bond donors (Lipinski definition) is 1. The fraction of sp³-hybridized carbons (Fsp3) is 0.500. The number of aromatic nitrogens is 3. The first kappa shape index (κ1) is 11.9. The molecule has 0 bridgehead atoms. The van der Waals surface area contributed by atoms with E-state index in [-0.39, 0.29) is 5.60 Å². The molecule has 0 fully saturated rings. The Hall–Kier alpha value is -1.62. The molecular formula is C12H18N4O. The van der Waals surface area contributed by atoms with Crippen molar-refractivity contribution in [3.63, 3.8) is 0 Å². The van der Waals surface area contributed by atoms with Crippen LogP contribution in [0.1, 0.15) is 20.8 Å². The molecule has 1 N–H and O–H groups in total. The van der Waals surface area contributed by atoms with Crippen molar-refractivity contribution in [1.82, 2.24) is 14.6 Å². The molecule has 5 heteroatoms. The topological polar surface area (TPSA) is 51.5 Å². The summed E-state index contributed by atoms with van der Waals surface area (Å²) in [5.41, 5.74) is 0.646. The molecule has 0 radical (unpaired) electrons. The summed E-state index contributed by atoms with van der Waals surface area (Å²) in [4.78, 5) is 4.43. The molecule has 0 spiro atoms. The zero-order valence-corrected chi connectivity index (χ0v) is 10.5. The van der Waals surface area contributed by atoms with Gasteiger partial charge < -0.3 is 10.1 Å². The Balaban J connectivity index is 2.03. The molecule has 0 aromatic carbocycles. The van der Waals surface area contributed by atoms with Gasteiger partial charge in [0.05, 0.1) is 11.8 Å². The van der Waals surface area contributed by atoms with Crippen LogP contribution in [0, 0.1) is 0 Å². The van der Waals surface area contributed by atoms with Crippen LogP contribution in [0.4, 0.5) is 5.82 Å². The van der Waals surface area contributed by atoms with Gasteiger partial charge in [0.25, 0.3) is 0 Å². The minimum absolute atomic E-state index is 0.192. The maximum Gasteiger partial charge on any atom is 0.157 e. The first-order valence-electron chi connectivity index (χ1n) is 5.79. The van der Waals surface area contributed by atoms with E-state index < -0.39 is 0 Å². The predicted molar refractivity (Wildman–Crippen MR) is 67.2 cm³/mol. The second-order valence-electron chi connectivity index (χ2n) is 4.49. The SMILES string of the molecule is CCOC(C)(C)CNc1ccn2nccc2n1. The van der Waals surface area contributed by atoms with E-state index in [0.29, 0.717) is 6.61 Å². The molecule has 5 nitrogen and oxygen atoms in total. The van der Waals surface area contributed by atoms with Crippen LogP contribution < -0.4 is 5.32 Å². The van der Waals surface area contributed by atoms with Crippen molar-refractivity contribution in [3.8, 4) is 0 Å². The van der Waals surface area contributed by atoms with E-state index in [2.05, 4.69) is 29.2 Å². The van der Waals surface area contributed by atoms with Crippen LogP contribution in [0.5, 0.6) is 0 Å². The molecule has 17 heavy (non-hydrogen) atoms. The van der Waals surface area contributed by atoms with Gasteiger partial charge in [-0.05, 0) is 26.8 Å². The van der Waals surface area contributed by atoms with Gasteiger partial charge in [-0.15, -0.1) is 0 Å². The first-order chi connectivity index (χ1) is 8.11. The van der Waals surface area contributed by atoms with E-state index in [9.17, 15) is 0 Å². The summed E-state index contributed by atoms with van der Waals surface area (Å²) in [7, 11) is 0. The lowest BCUT2D eigenvalue weighted by Crippen LogP contribution is -2.33. The number of rotatable bonds is 5. The number of nitrogens with zero attached hydrogens (tertiary/aromatic N) is 3. The van der Waals surface area contributed by atoms with Crippen molar-refractivity contribution in [3.05, 3.63) is 24.5 Å². The Bertz CT molecular complexity index is 492. The largest absolute Gasteiger partial charge is 0.374 e. The standard InChI is InChI=1S/C12H18N4O/c1-4-17-12(2,3)9-13-10-6-8-16-11(15-10)5-7-14-16/h5-8H,4,9H2,1-3H3,(H,13,15). The third-order valence-corrected chi connectivity index (χ3v) is 2.49. The lowest BCUT2D eigenvalue weighted by Gasteiger charge is -2.25. The number of nitrogens with one attached hydrogen (secondary N) is 1. The fourth-order valence-corrected chi connectivity index (χ4v) is 1.66. The van der Waals surface area contributed by atoms with Crippen LogP contribution in [0.2, 0.25) is 0 Å². The maximum absolute atomic E-state index is 5.62. The van der Waals surface area contributed by atoms with Crippen molar-refractivity contribution in [2.45, 2.75) is 26.4 Å². The number of anilines is 1. The fourth-order valence-electron chi connectivity index (χ4n) is 1.66. The summed E-state index contributed by atoms with van der Waals surface area (Å²) >= 11 is 0. The van der Waals surface area contributed by atoms with Crippen LogP contribution in [-0.2, 0) is 4.74 Å². The highest BCUT2D eigenvalue weighted by molar-refractivity contribution is 5.45. The van der Waals surface area contributed by atoms with Crippen molar-refractivity contribution < 1.29 is 4.74 Å². The third-order valence-electron chi connectivity index (χ3n) is 2.49. The summed E-state index contributed by atoms with van der Waals surface area (Å²) in [5.74, 6) is 0.839. The number of hydrogen-bond acceptors (Lipinski definition) is 4. The van der Waals surface area contributed by atoms with Crippen LogP contribution in [0.25, 0.3) is 5.65 Å². The van der Waals surface area contributed by atoms with Crippen LogP contribution in [0.15, 0.2) is 24.5 Å². The quantitative estimate of drug-likeness (QED) is 0.859. The average Bonchev–Trinajstić information content (AvgIpc) is 2.73. The summed E-state index contributed by atoms with van der Waals surface area (Å²) < 4.78 is 7.35. The molecule has 0 amide bonds. The molecule has 2 rings (SSSR count). The van der Waals surface area contributed by atoms with Gasteiger partial charge in [0.2, 0.25) is 0 Å². The van der Waals surface area contributed by atoms with Crippen molar-refractivity contribution in [2.75, 3.05) is 18.5 Å². The maximum atomic E-state index is 5.62. The first-order valence-corrected chi connectivity index (χ1v) is 5.79. The number of fused-ring (bicyclic) bond motifs is 1. The van der Waals surface area contributed by atoms with Crippen molar-refractivity contribution in [2.24, 2.45) is 0 Å². The van der Waals surface area contributed by atoms with E-state index in [4.69, 9.17) is 4.74 Å². The van der Waals surface area contributed by atoms with Gasteiger partial charge in [-0.2, -0.15) is 5.10 Å². The Kier molecular flexibility index (Phi) is 3.28. The van der Waals surface area contributed by atoms with Crippen molar-refractivity contribution >= 4 is 11.5 Å². The molecule has 92 valence electrons. The molecule has 0 aliphatic heterocycles. The highest BCUT2D eigenvalue weighted by Crippen LogP contribution is 2.11. The Morgan fingerprint density at radius 2 is 2.24 bits per heavy atom. The van der Waals surface area contributed by atoms with Gasteiger partial charge in [0, 0.05) is 25.4 Å². The van der Waals surface area contributed by atoms with Gasteiger partial charge in [-0.3, -0.25) is 0 Å². The third kappa shape index (κ3) is 2.94. The molecule has 2 heterocycles. The van der Waals surface area contributed by atoms with E-state index in [1.807, 2.05) is 25.3 Å². The van der Waals surface area contributed by atoms with E-state index >= 15 is 0 Å². The van der Waals surface area contributed by atoms with E-state index in [0.717, 1.165) is 18.0 Å². The lowest BCUT2D eigenvalue weighted by molar-refractivity contribution is 0.000644. The van der Waals surface area contributed by atoms with Gasteiger partial charge in [0.1, 0.15) is 5.82 Å². The Morgan fingerprint density at radius 3 is 3.00 bits per heavy atom. The molecule has 0 saturated carbocycles. The van der Waals surface area contributed by atoms with Crippen LogP contribution in [-0.4, -0.2) is 33.4 Å². The van der Waals surface area contributed by atoms with E-state index in [1.165, 1.54) is 0 Å². The van der Waals surface area contributed by atoms with E-state index in [1.54, 1.807) is 10.7 Å². The molecule has 0 aliphatic rings. The summed E-state index contributed by atoms with van der Waals surface area (Å²) in [6.07, 6.45) is 3.62. The minimum Gasteiger partial charge on any atom is -0.374 e. The average molecular weight is 234 g/mol. The lowest BCUT2D eigenvalue weighted by atomic mass is 10.1. The second-order valence-corrected chi connectivity index (χ2v) is 4.49. The van der Waals surface area contributed by atoms with Crippen molar-refractivity contribution in [1.29, 1.82) is 0 Å². The molecule has 2 aromatic heterocycles. The van der Waals surface area contributed by atoms with Gasteiger partial charge in [-0.25, -0.2) is 9.50 Å². The molecule has 0 saturated heterocycles. The Morgan fingerprint density at radius 1 is 1.41 bits per heavy atom. The number of ether oxygens (including phenoxy) is 1. The smallest absolute Gasteiger partial charge is 0.157 e. The molecule has 0 aliphatic carbocycles. The Labute approximate surface area is 101 Å². The monoisotopic (exact) mass is 234 g/mol. The molecule has 2 aromatic rings. The van der Waals surface area contributed by atoms with Crippen LogP contribution >= 0.6 is 0 Å². The molecule has 0 unspecified atom stereocenters. The summed E-state index contributed by atoms with van der Waals surface area (Å²) in [6.45, 7) is 7.54. The zero-order valence-electron chi connectivity index (χ0n) is 10.5. The van der Waals surface area contributed by atoms with Gasteiger partial charge >= 0.3 is 0 Å². The highest BCUT2D eigenvalue weighted by atomic mass is 16.5. The second kappa shape index (κ2) is 4.71. The highest BCUT2D eigenvalue weighted by Gasteiger charge is 2.17. The van der Waals surface area contributed by atoms with Gasteiger partial charge in [0.15, 0.2) is 5.65 Å². The zero-order chi connectivity index (χ0) is 12.3. The minimum atomic E-state index is -0.192. The molecule has 0 atom stereocenters. The predicted octanol–water partition coefficient (Wildman–Crippen LogP) is 1.96. The summed E-state index contributed by atoms with van der Waals surface area (Å²) in [6, 6.07) is 3.78. The normalized spacial score (nSPS) is 11.9. The van der Waals surface area contributed by atoms with Gasteiger partial charge in [-0.1, -0.05) is 0 Å². The van der Waals surface area contributed by atoms with Crippen LogP contribution in [0.3, 0.4) is 0 Å². The summed E-state index contributed by atoms with van der Waals surface area (Å²) in [5, 5.41) is 7.37.